The molecule has 0 bridgehead atoms. The van der Waals surface area contributed by atoms with Gasteiger partial charge in [0.2, 0.25) is 0 Å². The second kappa shape index (κ2) is 7.45. The van der Waals surface area contributed by atoms with Crippen molar-refractivity contribution < 1.29 is 4.79 Å². The van der Waals surface area contributed by atoms with Gasteiger partial charge in [-0.1, -0.05) is 73.1 Å². The minimum absolute atomic E-state index is 0.0250. The third kappa shape index (κ3) is 3.31. The molecule has 1 N–H and O–H groups in total. The van der Waals surface area contributed by atoms with E-state index in [4.69, 9.17) is 11.6 Å². The zero-order valence-electron chi connectivity index (χ0n) is 15.2. The molecule has 3 nitrogen and oxygen atoms in total. The first kappa shape index (κ1) is 17.6. The van der Waals surface area contributed by atoms with Crippen molar-refractivity contribution >= 4 is 23.2 Å². The Labute approximate surface area is 164 Å². The molecule has 136 valence electrons. The van der Waals surface area contributed by atoms with Crippen LogP contribution in [0.2, 0.25) is 5.02 Å². The molecule has 3 aromatic carbocycles. The number of nitrogens with one attached hydrogen (secondary N) is 1. The molecule has 27 heavy (non-hydrogen) atoms. The molecule has 0 unspecified atom stereocenters. The van der Waals surface area contributed by atoms with Gasteiger partial charge in [0.1, 0.15) is 6.17 Å². The second-order valence-electron chi connectivity index (χ2n) is 6.67. The minimum atomic E-state index is -0.224. The molecule has 1 atom stereocenters. The number of nitrogens with zero attached hydrogens (tertiary/aromatic N) is 1. The molecular weight excluding hydrogens is 356 g/mol. The third-order valence-electron chi connectivity index (χ3n) is 5.05. The van der Waals surface area contributed by atoms with Crippen molar-refractivity contribution in [3.8, 4) is 0 Å². The van der Waals surface area contributed by atoms with E-state index in [0.717, 1.165) is 28.8 Å². The van der Waals surface area contributed by atoms with Gasteiger partial charge in [-0.25, -0.2) is 0 Å². The number of hydrogen-bond donors (Lipinski definition) is 1. The molecule has 0 fully saturated rings. The summed E-state index contributed by atoms with van der Waals surface area (Å²) in [6, 6.07) is 23.7. The van der Waals surface area contributed by atoms with Crippen molar-refractivity contribution in [3.63, 3.8) is 0 Å². The van der Waals surface area contributed by atoms with Crippen molar-refractivity contribution in [2.75, 3.05) is 5.32 Å². The Hall–Kier alpha value is -2.78. The first-order valence-electron chi connectivity index (χ1n) is 9.16. The molecule has 0 spiro atoms. The van der Waals surface area contributed by atoms with E-state index in [1.807, 2.05) is 65.6 Å². The van der Waals surface area contributed by atoms with Gasteiger partial charge in [-0.3, -0.25) is 4.79 Å². The quantitative estimate of drug-likeness (QED) is 0.622. The molecule has 0 aliphatic carbocycles. The van der Waals surface area contributed by atoms with Crippen LogP contribution in [0.5, 0.6) is 0 Å². The highest BCUT2D eigenvalue weighted by Crippen LogP contribution is 2.37. The average Bonchev–Trinajstić information content (AvgIpc) is 2.96. The van der Waals surface area contributed by atoms with Crippen LogP contribution in [0.15, 0.2) is 72.8 Å². The molecule has 1 aliphatic rings. The van der Waals surface area contributed by atoms with Crippen molar-refractivity contribution in [1.29, 1.82) is 0 Å². The lowest BCUT2D eigenvalue weighted by molar-refractivity contribution is 0.0729. The molecule has 0 aromatic heterocycles. The number of rotatable bonds is 5. The molecule has 0 saturated heterocycles. The predicted octanol–water partition coefficient (Wildman–Crippen LogP) is 5.67. The van der Waals surface area contributed by atoms with E-state index in [2.05, 4.69) is 24.4 Å². The Morgan fingerprint density at radius 3 is 2.37 bits per heavy atom. The molecule has 4 heteroatoms. The van der Waals surface area contributed by atoms with Crippen molar-refractivity contribution in [2.24, 2.45) is 0 Å². The number of anilines is 1. The Bertz CT molecular complexity index is 985. The summed E-state index contributed by atoms with van der Waals surface area (Å²) in [7, 11) is 0. The number of benzene rings is 3. The normalized spacial score (nSPS) is 15.7. The molecule has 0 radical (unpaired) electrons. The first-order chi connectivity index (χ1) is 13.2. The number of carbonyl (C=O) groups is 1. The smallest absolute Gasteiger partial charge is 0.256 e. The van der Waals surface area contributed by atoms with E-state index in [1.54, 1.807) is 0 Å². The van der Waals surface area contributed by atoms with Crippen LogP contribution in [0.1, 0.15) is 40.1 Å². The molecule has 4 rings (SSSR count). The molecule has 3 aromatic rings. The van der Waals surface area contributed by atoms with E-state index >= 15 is 0 Å². The van der Waals surface area contributed by atoms with Crippen LogP contribution in [-0.4, -0.2) is 10.8 Å². The highest BCUT2D eigenvalue weighted by molar-refractivity contribution is 6.31. The molecule has 1 aliphatic heterocycles. The van der Waals surface area contributed by atoms with Gasteiger partial charge in [0.25, 0.3) is 5.91 Å². The van der Waals surface area contributed by atoms with Crippen LogP contribution in [0.25, 0.3) is 0 Å². The number of fused-ring (bicyclic) bond motifs is 1. The maximum atomic E-state index is 13.1. The second-order valence-corrected chi connectivity index (χ2v) is 7.08. The number of amides is 1. The fourth-order valence-electron chi connectivity index (χ4n) is 3.62. The topological polar surface area (TPSA) is 32.3 Å². The van der Waals surface area contributed by atoms with Crippen LogP contribution in [0, 0.1) is 0 Å². The average molecular weight is 377 g/mol. The van der Waals surface area contributed by atoms with Gasteiger partial charge in [-0.05, 0) is 35.7 Å². The van der Waals surface area contributed by atoms with Crippen LogP contribution in [0.4, 0.5) is 5.69 Å². The number of para-hydroxylation sites is 1. The van der Waals surface area contributed by atoms with Gasteiger partial charge in [-0.2, -0.15) is 0 Å². The monoisotopic (exact) mass is 376 g/mol. The largest absolute Gasteiger partial charge is 0.361 e. The van der Waals surface area contributed by atoms with Crippen molar-refractivity contribution in [1.82, 2.24) is 4.90 Å². The summed E-state index contributed by atoms with van der Waals surface area (Å²) in [6.45, 7) is 2.59. The fraction of sp³-hybridized carbons (Fsp3) is 0.174. The van der Waals surface area contributed by atoms with E-state index in [1.165, 1.54) is 5.56 Å². The third-order valence-corrected chi connectivity index (χ3v) is 5.42. The number of hydrogen-bond acceptors (Lipinski definition) is 2. The Morgan fingerprint density at radius 2 is 1.59 bits per heavy atom. The fourth-order valence-corrected chi connectivity index (χ4v) is 3.81. The van der Waals surface area contributed by atoms with Crippen molar-refractivity contribution in [3.05, 3.63) is 100 Å². The lowest BCUT2D eigenvalue weighted by atomic mass is 10.1. The lowest BCUT2D eigenvalue weighted by Crippen LogP contribution is -2.32. The highest BCUT2D eigenvalue weighted by atomic mass is 35.5. The van der Waals surface area contributed by atoms with Gasteiger partial charge in [0.05, 0.1) is 0 Å². The zero-order valence-corrected chi connectivity index (χ0v) is 15.9. The molecule has 0 saturated carbocycles. The van der Waals surface area contributed by atoms with Gasteiger partial charge >= 0.3 is 0 Å². The van der Waals surface area contributed by atoms with Gasteiger partial charge in [0, 0.05) is 28.4 Å². The predicted molar refractivity (Wildman–Crippen MR) is 110 cm³/mol. The lowest BCUT2D eigenvalue weighted by Gasteiger charge is -2.28. The van der Waals surface area contributed by atoms with Crippen LogP contribution in [0.3, 0.4) is 0 Å². The standard InChI is InChI=1S/C23H21ClN2O/c1-2-16-9-4-8-14-21(16)25-22-18-11-5-6-12-19(18)23(27)26(22)15-17-10-3-7-13-20(17)24/h3-14,22,25H,2,15H2,1H3/t22-/m1/s1. The summed E-state index contributed by atoms with van der Waals surface area (Å²) in [5.74, 6) is 0.0250. The Balaban J connectivity index is 1.73. The van der Waals surface area contributed by atoms with E-state index in [9.17, 15) is 4.79 Å². The van der Waals surface area contributed by atoms with E-state index < -0.39 is 0 Å². The van der Waals surface area contributed by atoms with Gasteiger partial charge < -0.3 is 10.2 Å². The van der Waals surface area contributed by atoms with Crippen LogP contribution < -0.4 is 5.32 Å². The molecule has 1 amide bonds. The summed E-state index contributed by atoms with van der Waals surface area (Å²) in [5, 5.41) is 4.27. The highest BCUT2D eigenvalue weighted by Gasteiger charge is 2.36. The number of aryl methyl sites for hydroxylation is 1. The van der Waals surface area contributed by atoms with E-state index in [0.29, 0.717) is 11.6 Å². The molecule has 1 heterocycles. The van der Waals surface area contributed by atoms with Crippen molar-refractivity contribution in [2.45, 2.75) is 26.1 Å². The summed E-state index contributed by atoms with van der Waals surface area (Å²) >= 11 is 6.36. The molecular formula is C23H21ClN2O. The Morgan fingerprint density at radius 1 is 0.926 bits per heavy atom. The zero-order chi connectivity index (χ0) is 18.8. The van der Waals surface area contributed by atoms with Crippen LogP contribution >= 0.6 is 11.6 Å². The van der Waals surface area contributed by atoms with Gasteiger partial charge in [-0.15, -0.1) is 0 Å². The number of carbonyl (C=O) groups excluding carboxylic acids is 1. The first-order valence-corrected chi connectivity index (χ1v) is 9.54. The minimum Gasteiger partial charge on any atom is -0.361 e. The number of halogens is 1. The summed E-state index contributed by atoms with van der Waals surface area (Å²) in [6.07, 6.45) is 0.702. The maximum Gasteiger partial charge on any atom is 0.256 e. The summed E-state index contributed by atoms with van der Waals surface area (Å²) in [4.78, 5) is 15.0. The van der Waals surface area contributed by atoms with E-state index in [-0.39, 0.29) is 12.1 Å². The summed E-state index contributed by atoms with van der Waals surface area (Å²) < 4.78 is 0. The Kier molecular flexibility index (Phi) is 4.87. The summed E-state index contributed by atoms with van der Waals surface area (Å²) in [5.41, 5.74) is 4.97. The van der Waals surface area contributed by atoms with Gasteiger partial charge in [0.15, 0.2) is 0 Å². The van der Waals surface area contributed by atoms with Crippen LogP contribution in [-0.2, 0) is 13.0 Å². The SMILES string of the molecule is CCc1ccccc1N[C@H]1c2ccccc2C(=O)N1Cc1ccccc1Cl. The maximum absolute atomic E-state index is 13.1.